The van der Waals surface area contributed by atoms with Crippen LogP contribution in [-0.2, 0) is 20.7 Å². The maximum atomic E-state index is 12.3. The average molecular weight is 334 g/mol. The molecule has 132 valence electrons. The van der Waals surface area contributed by atoms with E-state index >= 15 is 0 Å². The molecule has 0 radical (unpaired) electrons. The third-order valence-corrected chi connectivity index (χ3v) is 3.62. The number of fused-ring (bicyclic) bond motifs is 1. The first kappa shape index (κ1) is 18.3. The van der Waals surface area contributed by atoms with Crippen molar-refractivity contribution < 1.29 is 19.1 Å². The predicted molar refractivity (Wildman–Crippen MR) is 93.5 cm³/mol. The van der Waals surface area contributed by atoms with Crippen molar-refractivity contribution in [2.24, 2.45) is 0 Å². The van der Waals surface area contributed by atoms with E-state index in [9.17, 15) is 9.59 Å². The smallest absolute Gasteiger partial charge is 0.412 e. The Kier molecular flexibility index (Phi) is 5.83. The summed E-state index contributed by atoms with van der Waals surface area (Å²) in [6, 6.07) is 5.57. The first-order valence-electron chi connectivity index (χ1n) is 8.32. The molecule has 6 heteroatoms. The number of nitrogens with zero attached hydrogens (tertiary/aromatic N) is 1. The number of carbonyl (C=O) groups excluding carboxylic acids is 2. The van der Waals surface area contributed by atoms with E-state index in [0.717, 1.165) is 24.1 Å². The largest absolute Gasteiger partial charge is 0.444 e. The zero-order valence-corrected chi connectivity index (χ0v) is 14.8. The van der Waals surface area contributed by atoms with Crippen LogP contribution in [0, 0.1) is 0 Å². The summed E-state index contributed by atoms with van der Waals surface area (Å²) >= 11 is 0. The summed E-state index contributed by atoms with van der Waals surface area (Å²) < 4.78 is 10.5. The summed E-state index contributed by atoms with van der Waals surface area (Å²) in [4.78, 5) is 26.1. The highest BCUT2D eigenvalue weighted by Crippen LogP contribution is 2.33. The quantitative estimate of drug-likeness (QED) is 0.917. The first-order chi connectivity index (χ1) is 11.3. The van der Waals surface area contributed by atoms with Gasteiger partial charge in [0, 0.05) is 24.5 Å². The lowest BCUT2D eigenvalue weighted by molar-refractivity contribution is -0.123. The molecule has 1 aromatic carbocycles. The van der Waals surface area contributed by atoms with E-state index in [0.29, 0.717) is 18.8 Å². The van der Waals surface area contributed by atoms with Gasteiger partial charge in [0.05, 0.1) is 0 Å². The molecule has 0 saturated carbocycles. The van der Waals surface area contributed by atoms with Crippen molar-refractivity contribution in [1.82, 2.24) is 0 Å². The second-order valence-corrected chi connectivity index (χ2v) is 6.72. The van der Waals surface area contributed by atoms with Gasteiger partial charge in [0.2, 0.25) is 0 Å². The molecule has 0 fully saturated rings. The van der Waals surface area contributed by atoms with Gasteiger partial charge in [0.25, 0.3) is 5.91 Å². The molecule has 0 aliphatic carbocycles. The molecule has 0 unspecified atom stereocenters. The summed E-state index contributed by atoms with van der Waals surface area (Å²) in [6.07, 6.45) is 1.16. The fourth-order valence-corrected chi connectivity index (χ4v) is 2.68. The van der Waals surface area contributed by atoms with E-state index < -0.39 is 11.7 Å². The highest BCUT2D eigenvalue weighted by molar-refractivity contribution is 5.97. The molecule has 24 heavy (non-hydrogen) atoms. The number of rotatable bonds is 4. The van der Waals surface area contributed by atoms with Crippen LogP contribution in [-0.4, -0.2) is 37.4 Å². The van der Waals surface area contributed by atoms with Gasteiger partial charge in [-0.25, -0.2) is 4.79 Å². The Balaban J connectivity index is 2.19. The Labute approximate surface area is 143 Å². The van der Waals surface area contributed by atoms with Crippen LogP contribution in [0.4, 0.5) is 16.2 Å². The Hall–Kier alpha value is -2.08. The molecule has 0 aromatic heterocycles. The lowest BCUT2D eigenvalue weighted by Crippen LogP contribution is -2.38. The maximum Gasteiger partial charge on any atom is 0.412 e. The number of nitrogens with one attached hydrogen (secondary N) is 1. The lowest BCUT2D eigenvalue weighted by Gasteiger charge is -2.31. The van der Waals surface area contributed by atoms with Crippen molar-refractivity contribution in [2.45, 2.75) is 46.1 Å². The number of carbonyl (C=O) groups is 2. The zero-order chi connectivity index (χ0) is 17.7. The second-order valence-electron chi connectivity index (χ2n) is 6.72. The molecule has 1 aliphatic heterocycles. The van der Waals surface area contributed by atoms with Crippen LogP contribution in [0.15, 0.2) is 18.2 Å². The monoisotopic (exact) mass is 334 g/mol. The second kappa shape index (κ2) is 7.66. The van der Waals surface area contributed by atoms with E-state index in [4.69, 9.17) is 9.47 Å². The topological polar surface area (TPSA) is 67.9 Å². The fraction of sp³-hybridized carbons (Fsp3) is 0.556. The fourth-order valence-electron chi connectivity index (χ4n) is 2.68. The number of amides is 2. The maximum absolute atomic E-state index is 12.3. The van der Waals surface area contributed by atoms with Gasteiger partial charge in [-0.05, 0) is 58.2 Å². The molecule has 2 amide bonds. The average Bonchev–Trinajstić information content (AvgIpc) is 2.50. The molecule has 0 saturated heterocycles. The minimum atomic E-state index is -0.557. The van der Waals surface area contributed by atoms with Gasteiger partial charge in [-0.3, -0.25) is 10.1 Å². The van der Waals surface area contributed by atoms with Crippen LogP contribution >= 0.6 is 0 Å². The zero-order valence-electron chi connectivity index (χ0n) is 14.8. The predicted octanol–water partition coefficient (Wildman–Crippen LogP) is 3.35. The molecule has 0 spiro atoms. The van der Waals surface area contributed by atoms with Crippen LogP contribution in [0.2, 0.25) is 0 Å². The van der Waals surface area contributed by atoms with Crippen LogP contribution in [0.5, 0.6) is 0 Å². The number of hydrogen-bond acceptors (Lipinski definition) is 4. The van der Waals surface area contributed by atoms with Crippen molar-refractivity contribution in [3.8, 4) is 0 Å². The van der Waals surface area contributed by atoms with Crippen LogP contribution in [0.25, 0.3) is 0 Å². The minimum absolute atomic E-state index is 0.0628. The van der Waals surface area contributed by atoms with Crippen LogP contribution < -0.4 is 10.2 Å². The molecular weight excluding hydrogens is 308 g/mol. The summed E-state index contributed by atoms with van der Waals surface area (Å²) in [5, 5.41) is 2.80. The van der Waals surface area contributed by atoms with Crippen LogP contribution in [0.1, 0.15) is 39.7 Å². The summed E-state index contributed by atoms with van der Waals surface area (Å²) in [6.45, 7) is 8.56. The number of hydrogen-bond donors (Lipinski definition) is 1. The SMILES string of the molecule is CCOCC(=O)N1CCCc2c(NC(=O)OC(C)(C)C)cccc21. The van der Waals surface area contributed by atoms with Gasteiger partial charge in [-0.15, -0.1) is 0 Å². The minimum Gasteiger partial charge on any atom is -0.444 e. The molecule has 1 heterocycles. The molecule has 1 N–H and O–H groups in total. The Morgan fingerprint density at radius 1 is 1.29 bits per heavy atom. The van der Waals surface area contributed by atoms with E-state index in [1.165, 1.54) is 0 Å². The Morgan fingerprint density at radius 3 is 2.71 bits per heavy atom. The van der Waals surface area contributed by atoms with Gasteiger partial charge < -0.3 is 14.4 Å². The normalized spacial score (nSPS) is 14.1. The van der Waals surface area contributed by atoms with Gasteiger partial charge in [-0.2, -0.15) is 0 Å². The Bertz CT molecular complexity index is 608. The van der Waals surface area contributed by atoms with E-state index in [1.54, 1.807) is 4.90 Å². The number of benzene rings is 1. The third-order valence-electron chi connectivity index (χ3n) is 3.62. The van der Waals surface area contributed by atoms with E-state index in [-0.39, 0.29) is 12.5 Å². The van der Waals surface area contributed by atoms with Gasteiger partial charge in [-0.1, -0.05) is 6.07 Å². The lowest BCUT2D eigenvalue weighted by atomic mass is 9.99. The van der Waals surface area contributed by atoms with Crippen molar-refractivity contribution >= 4 is 23.4 Å². The van der Waals surface area contributed by atoms with Crippen molar-refractivity contribution in [2.75, 3.05) is 30.0 Å². The molecular formula is C18H26N2O4. The van der Waals surface area contributed by atoms with Crippen molar-refractivity contribution in [1.29, 1.82) is 0 Å². The van der Waals surface area contributed by atoms with Gasteiger partial charge >= 0.3 is 6.09 Å². The summed E-state index contributed by atoms with van der Waals surface area (Å²) in [5.41, 5.74) is 1.92. The molecule has 2 rings (SSSR count). The Morgan fingerprint density at radius 2 is 2.04 bits per heavy atom. The highest BCUT2D eigenvalue weighted by atomic mass is 16.6. The molecule has 1 aromatic rings. The summed E-state index contributed by atoms with van der Waals surface area (Å²) in [5.74, 6) is -0.0628. The van der Waals surface area contributed by atoms with E-state index in [1.807, 2.05) is 45.9 Å². The molecule has 0 bridgehead atoms. The van der Waals surface area contributed by atoms with Gasteiger partial charge in [0.15, 0.2) is 0 Å². The highest BCUT2D eigenvalue weighted by Gasteiger charge is 2.25. The van der Waals surface area contributed by atoms with E-state index in [2.05, 4.69) is 5.32 Å². The van der Waals surface area contributed by atoms with Crippen molar-refractivity contribution in [3.05, 3.63) is 23.8 Å². The van der Waals surface area contributed by atoms with Crippen molar-refractivity contribution in [3.63, 3.8) is 0 Å². The summed E-state index contributed by atoms with van der Waals surface area (Å²) in [7, 11) is 0. The van der Waals surface area contributed by atoms with Crippen LogP contribution in [0.3, 0.4) is 0 Å². The number of anilines is 2. The number of ether oxygens (including phenoxy) is 2. The van der Waals surface area contributed by atoms with Gasteiger partial charge in [0.1, 0.15) is 12.2 Å². The first-order valence-corrected chi connectivity index (χ1v) is 8.32. The molecule has 6 nitrogen and oxygen atoms in total. The molecule has 0 atom stereocenters. The standard InChI is InChI=1S/C18H26N2O4/c1-5-23-12-16(21)20-11-7-8-13-14(9-6-10-15(13)20)19-17(22)24-18(2,3)4/h6,9-10H,5,7-8,11-12H2,1-4H3,(H,19,22). The molecule has 1 aliphatic rings. The third kappa shape index (κ3) is 4.71.